The number of rotatable bonds is 6. The van der Waals surface area contributed by atoms with Crippen molar-refractivity contribution in [3.05, 3.63) is 16.1 Å². The summed E-state index contributed by atoms with van der Waals surface area (Å²) in [6.07, 6.45) is 3.03. The SMILES string of the molecule is CCC(COC)NCc1cnc(C)s1. The zero-order chi connectivity index (χ0) is 10.4. The number of hydrogen-bond donors (Lipinski definition) is 1. The van der Waals surface area contributed by atoms with Gasteiger partial charge in [-0.2, -0.15) is 0 Å². The van der Waals surface area contributed by atoms with Crippen LogP contribution in [-0.2, 0) is 11.3 Å². The summed E-state index contributed by atoms with van der Waals surface area (Å²) in [5, 5.41) is 4.57. The summed E-state index contributed by atoms with van der Waals surface area (Å²) >= 11 is 1.74. The third kappa shape index (κ3) is 3.74. The maximum Gasteiger partial charge on any atom is 0.0897 e. The maximum absolute atomic E-state index is 5.11. The minimum atomic E-state index is 0.447. The van der Waals surface area contributed by atoms with Gasteiger partial charge in [0.2, 0.25) is 0 Å². The molecule has 0 spiro atoms. The van der Waals surface area contributed by atoms with Crippen LogP contribution in [0.5, 0.6) is 0 Å². The van der Waals surface area contributed by atoms with Crippen LogP contribution in [0, 0.1) is 6.92 Å². The first-order valence-electron chi connectivity index (χ1n) is 4.90. The molecule has 0 aliphatic rings. The van der Waals surface area contributed by atoms with E-state index in [1.165, 1.54) is 4.88 Å². The van der Waals surface area contributed by atoms with E-state index < -0.39 is 0 Å². The van der Waals surface area contributed by atoms with Gasteiger partial charge in [-0.3, -0.25) is 0 Å². The van der Waals surface area contributed by atoms with E-state index in [1.807, 2.05) is 13.1 Å². The lowest BCUT2D eigenvalue weighted by Gasteiger charge is -2.14. The first-order chi connectivity index (χ1) is 6.76. The minimum absolute atomic E-state index is 0.447. The number of nitrogens with one attached hydrogen (secondary N) is 1. The predicted octanol–water partition coefficient (Wildman–Crippen LogP) is 1.97. The molecule has 1 unspecified atom stereocenters. The zero-order valence-corrected chi connectivity index (χ0v) is 9.86. The topological polar surface area (TPSA) is 34.1 Å². The van der Waals surface area contributed by atoms with E-state index >= 15 is 0 Å². The summed E-state index contributed by atoms with van der Waals surface area (Å²) in [5.41, 5.74) is 0. The van der Waals surface area contributed by atoms with Gasteiger partial charge >= 0.3 is 0 Å². The van der Waals surface area contributed by atoms with Gasteiger partial charge in [-0.15, -0.1) is 11.3 Å². The van der Waals surface area contributed by atoms with Crippen LogP contribution in [0.2, 0.25) is 0 Å². The van der Waals surface area contributed by atoms with Crippen molar-refractivity contribution in [2.75, 3.05) is 13.7 Å². The number of methoxy groups -OCH3 is 1. The first kappa shape index (κ1) is 11.6. The summed E-state index contributed by atoms with van der Waals surface area (Å²) in [4.78, 5) is 5.50. The Kier molecular flexibility index (Phi) is 5.07. The quantitative estimate of drug-likeness (QED) is 0.786. The Balaban J connectivity index is 2.31. The summed E-state index contributed by atoms with van der Waals surface area (Å²) in [6, 6.07) is 0.447. The molecule has 0 radical (unpaired) electrons. The average Bonchev–Trinajstić information content (AvgIpc) is 2.59. The van der Waals surface area contributed by atoms with Crippen LogP contribution in [0.4, 0.5) is 0 Å². The molecule has 80 valence electrons. The van der Waals surface area contributed by atoms with Crippen molar-refractivity contribution >= 4 is 11.3 Å². The van der Waals surface area contributed by atoms with E-state index in [0.29, 0.717) is 6.04 Å². The fraction of sp³-hybridized carbons (Fsp3) is 0.700. The number of aromatic nitrogens is 1. The van der Waals surface area contributed by atoms with Gasteiger partial charge < -0.3 is 10.1 Å². The van der Waals surface area contributed by atoms with Gasteiger partial charge in [0, 0.05) is 30.8 Å². The average molecular weight is 214 g/mol. The molecule has 0 amide bonds. The van der Waals surface area contributed by atoms with E-state index in [-0.39, 0.29) is 0 Å². The highest BCUT2D eigenvalue weighted by Gasteiger charge is 2.05. The first-order valence-corrected chi connectivity index (χ1v) is 5.71. The Hall–Kier alpha value is -0.450. The Morgan fingerprint density at radius 2 is 2.43 bits per heavy atom. The normalized spacial score (nSPS) is 13.1. The highest BCUT2D eigenvalue weighted by molar-refractivity contribution is 7.11. The maximum atomic E-state index is 5.11. The standard InChI is InChI=1S/C10H18N2OS/c1-4-9(7-13-3)12-6-10-5-11-8(2)14-10/h5,9,12H,4,6-7H2,1-3H3. The molecule has 0 fully saturated rings. The zero-order valence-electron chi connectivity index (χ0n) is 9.04. The highest BCUT2D eigenvalue weighted by atomic mass is 32.1. The molecule has 0 aliphatic heterocycles. The van der Waals surface area contributed by atoms with Crippen LogP contribution >= 0.6 is 11.3 Å². The number of nitrogens with zero attached hydrogens (tertiary/aromatic N) is 1. The fourth-order valence-electron chi connectivity index (χ4n) is 1.25. The number of ether oxygens (including phenoxy) is 1. The molecule has 1 rings (SSSR count). The predicted molar refractivity (Wildman–Crippen MR) is 59.6 cm³/mol. The number of hydrogen-bond acceptors (Lipinski definition) is 4. The molecular weight excluding hydrogens is 196 g/mol. The van der Waals surface area contributed by atoms with Crippen molar-refractivity contribution in [3.63, 3.8) is 0 Å². The number of thiazole rings is 1. The third-order valence-electron chi connectivity index (χ3n) is 2.09. The van der Waals surface area contributed by atoms with Crippen LogP contribution in [0.1, 0.15) is 23.2 Å². The van der Waals surface area contributed by atoms with E-state index in [4.69, 9.17) is 4.74 Å². The monoisotopic (exact) mass is 214 g/mol. The third-order valence-corrected chi connectivity index (χ3v) is 3.01. The lowest BCUT2D eigenvalue weighted by atomic mass is 10.2. The van der Waals surface area contributed by atoms with Crippen LogP contribution in [0.25, 0.3) is 0 Å². The lowest BCUT2D eigenvalue weighted by Crippen LogP contribution is -2.31. The van der Waals surface area contributed by atoms with Gasteiger partial charge in [0.15, 0.2) is 0 Å². The van der Waals surface area contributed by atoms with Crippen molar-refractivity contribution in [1.82, 2.24) is 10.3 Å². The summed E-state index contributed by atoms with van der Waals surface area (Å²) in [6.45, 7) is 5.86. The van der Waals surface area contributed by atoms with Gasteiger partial charge in [0.1, 0.15) is 0 Å². The van der Waals surface area contributed by atoms with Crippen molar-refractivity contribution in [3.8, 4) is 0 Å². The van der Waals surface area contributed by atoms with Gasteiger partial charge in [0.05, 0.1) is 11.6 Å². The van der Waals surface area contributed by atoms with E-state index in [2.05, 4.69) is 17.2 Å². The van der Waals surface area contributed by atoms with E-state index in [0.717, 1.165) is 24.6 Å². The van der Waals surface area contributed by atoms with Gasteiger partial charge in [-0.25, -0.2) is 4.98 Å². The second-order valence-corrected chi connectivity index (χ2v) is 4.61. The molecule has 0 saturated heterocycles. The molecule has 0 aromatic carbocycles. The second kappa shape index (κ2) is 6.11. The Morgan fingerprint density at radius 1 is 1.64 bits per heavy atom. The molecule has 1 N–H and O–H groups in total. The molecule has 1 aromatic rings. The molecule has 14 heavy (non-hydrogen) atoms. The summed E-state index contributed by atoms with van der Waals surface area (Å²) < 4.78 is 5.11. The summed E-state index contributed by atoms with van der Waals surface area (Å²) in [7, 11) is 1.74. The molecule has 0 bridgehead atoms. The highest BCUT2D eigenvalue weighted by Crippen LogP contribution is 2.11. The van der Waals surface area contributed by atoms with E-state index in [9.17, 15) is 0 Å². The van der Waals surface area contributed by atoms with Crippen molar-refractivity contribution in [1.29, 1.82) is 0 Å². The van der Waals surface area contributed by atoms with Crippen molar-refractivity contribution in [2.24, 2.45) is 0 Å². The molecule has 0 aliphatic carbocycles. The summed E-state index contributed by atoms with van der Waals surface area (Å²) in [5.74, 6) is 0. The molecule has 4 heteroatoms. The molecule has 1 atom stereocenters. The molecule has 0 saturated carbocycles. The number of aryl methyl sites for hydroxylation is 1. The van der Waals surface area contributed by atoms with E-state index in [1.54, 1.807) is 18.4 Å². The van der Waals surface area contributed by atoms with Gasteiger partial charge in [-0.05, 0) is 13.3 Å². The largest absolute Gasteiger partial charge is 0.383 e. The second-order valence-electron chi connectivity index (χ2n) is 3.29. The van der Waals surface area contributed by atoms with Gasteiger partial charge in [-0.1, -0.05) is 6.92 Å². The Labute approximate surface area is 89.5 Å². The Bertz CT molecular complexity index is 262. The van der Waals surface area contributed by atoms with Crippen LogP contribution < -0.4 is 5.32 Å². The molecule has 1 heterocycles. The smallest absolute Gasteiger partial charge is 0.0897 e. The molecule has 1 aromatic heterocycles. The van der Waals surface area contributed by atoms with Gasteiger partial charge in [0.25, 0.3) is 0 Å². The lowest BCUT2D eigenvalue weighted by molar-refractivity contribution is 0.164. The van der Waals surface area contributed by atoms with Crippen molar-refractivity contribution in [2.45, 2.75) is 32.9 Å². The minimum Gasteiger partial charge on any atom is -0.383 e. The van der Waals surface area contributed by atoms with Crippen molar-refractivity contribution < 1.29 is 4.74 Å². The molecule has 3 nitrogen and oxygen atoms in total. The van der Waals surface area contributed by atoms with Crippen LogP contribution in [0.15, 0.2) is 6.20 Å². The molecular formula is C10H18N2OS. The Morgan fingerprint density at radius 3 is 2.93 bits per heavy atom. The fourth-order valence-corrected chi connectivity index (χ4v) is 2.00. The van der Waals surface area contributed by atoms with Crippen LogP contribution in [0.3, 0.4) is 0 Å². The van der Waals surface area contributed by atoms with Crippen LogP contribution in [-0.4, -0.2) is 24.7 Å².